The van der Waals surface area contributed by atoms with E-state index in [4.69, 9.17) is 0 Å². The van der Waals surface area contributed by atoms with Crippen molar-refractivity contribution in [3.05, 3.63) is 60.7 Å². The summed E-state index contributed by atoms with van der Waals surface area (Å²) in [5.41, 5.74) is 0. The number of nitrogens with one attached hydrogen (secondary N) is 1. The summed E-state index contributed by atoms with van der Waals surface area (Å²) in [6, 6.07) is 14.7. The van der Waals surface area contributed by atoms with Gasteiger partial charge in [-0.1, -0.05) is 36.4 Å². The van der Waals surface area contributed by atoms with Gasteiger partial charge in [0.1, 0.15) is 0 Å². The molecule has 0 bridgehead atoms. The predicted octanol–water partition coefficient (Wildman–Crippen LogP) is 0.843. The maximum absolute atomic E-state index is 13.1. The van der Waals surface area contributed by atoms with Crippen LogP contribution in [0.3, 0.4) is 0 Å². The van der Waals surface area contributed by atoms with E-state index in [1.807, 2.05) is 0 Å². The Balaban J connectivity index is 1.81. The van der Waals surface area contributed by atoms with Crippen LogP contribution in [0.15, 0.2) is 70.5 Å². The van der Waals surface area contributed by atoms with E-state index in [-0.39, 0.29) is 40.8 Å². The largest absolute Gasteiger partial charge is 0.243 e. The molecular weight excluding hydrogens is 436 g/mol. The van der Waals surface area contributed by atoms with Gasteiger partial charge in [-0.3, -0.25) is 0 Å². The highest BCUT2D eigenvalue weighted by Crippen LogP contribution is 2.24. The number of nitrogens with zero attached hydrogens (tertiary/aromatic N) is 1. The summed E-state index contributed by atoms with van der Waals surface area (Å²) >= 11 is 0. The van der Waals surface area contributed by atoms with Crippen molar-refractivity contribution < 1.29 is 25.3 Å². The number of rotatable bonds is 8. The lowest BCUT2D eigenvalue weighted by atomic mass is 10.2. The van der Waals surface area contributed by atoms with Crippen LogP contribution in [0.4, 0.5) is 0 Å². The van der Waals surface area contributed by atoms with Gasteiger partial charge in [-0.05, 0) is 30.7 Å². The van der Waals surface area contributed by atoms with Crippen LogP contribution in [0, 0.1) is 0 Å². The highest BCUT2D eigenvalue weighted by atomic mass is 32.2. The monoisotopic (exact) mass is 458 g/mol. The summed E-state index contributed by atoms with van der Waals surface area (Å²) in [7, 11) is -11.1. The highest BCUT2D eigenvalue weighted by Gasteiger charge is 2.38. The molecule has 2 aromatic rings. The van der Waals surface area contributed by atoms with Crippen molar-refractivity contribution in [1.29, 1.82) is 0 Å². The zero-order valence-electron chi connectivity index (χ0n) is 15.5. The molecule has 1 atom stereocenters. The average molecular weight is 459 g/mol. The van der Waals surface area contributed by atoms with Crippen molar-refractivity contribution in [2.24, 2.45) is 0 Å². The van der Waals surface area contributed by atoms with Crippen LogP contribution >= 0.6 is 0 Å². The maximum Gasteiger partial charge on any atom is 0.243 e. The highest BCUT2D eigenvalue weighted by molar-refractivity contribution is 7.92. The first-order valence-electron chi connectivity index (χ1n) is 8.94. The summed E-state index contributed by atoms with van der Waals surface area (Å²) in [4.78, 5) is 0.108. The molecule has 1 N–H and O–H groups in total. The third-order valence-corrected chi connectivity index (χ3v) is 9.84. The molecule has 0 spiro atoms. The minimum Gasteiger partial charge on any atom is -0.229 e. The fraction of sp³-hybridized carbons (Fsp3) is 0.333. The molecule has 1 saturated heterocycles. The molecule has 0 unspecified atom stereocenters. The van der Waals surface area contributed by atoms with Gasteiger partial charge in [0, 0.05) is 19.1 Å². The van der Waals surface area contributed by atoms with Gasteiger partial charge in [0.15, 0.2) is 9.84 Å². The van der Waals surface area contributed by atoms with Crippen LogP contribution in [-0.2, 0) is 29.9 Å². The Bertz CT molecular complexity index is 1150. The second kappa shape index (κ2) is 8.52. The lowest BCUT2D eigenvalue weighted by Gasteiger charge is -2.27. The van der Waals surface area contributed by atoms with E-state index in [9.17, 15) is 25.3 Å². The van der Waals surface area contributed by atoms with Crippen LogP contribution in [-0.4, -0.2) is 60.2 Å². The second-order valence-electron chi connectivity index (χ2n) is 6.70. The Hall–Kier alpha value is -1.79. The van der Waals surface area contributed by atoms with Crippen LogP contribution in [0.5, 0.6) is 0 Å². The molecule has 1 fully saturated rings. The normalized spacial score (nSPS) is 19.4. The number of sulfonamides is 2. The van der Waals surface area contributed by atoms with Gasteiger partial charge < -0.3 is 0 Å². The quantitative estimate of drug-likeness (QED) is 0.626. The van der Waals surface area contributed by atoms with Crippen LogP contribution < -0.4 is 4.72 Å². The Morgan fingerprint density at radius 2 is 1.45 bits per heavy atom. The molecule has 158 valence electrons. The van der Waals surface area contributed by atoms with Gasteiger partial charge >= 0.3 is 0 Å². The molecule has 8 nitrogen and oxygen atoms in total. The molecule has 1 aliphatic rings. The molecule has 29 heavy (non-hydrogen) atoms. The Labute approximate surface area is 171 Å². The first kappa shape index (κ1) is 21.9. The predicted molar refractivity (Wildman–Crippen MR) is 109 cm³/mol. The van der Waals surface area contributed by atoms with E-state index in [0.717, 1.165) is 4.31 Å². The summed E-state index contributed by atoms with van der Waals surface area (Å²) in [5.74, 6) is -0.362. The Morgan fingerprint density at radius 1 is 0.897 bits per heavy atom. The third-order valence-electron chi connectivity index (χ3n) is 4.64. The van der Waals surface area contributed by atoms with E-state index in [1.54, 1.807) is 36.4 Å². The van der Waals surface area contributed by atoms with Crippen LogP contribution in [0.2, 0.25) is 0 Å². The molecule has 0 saturated carbocycles. The van der Waals surface area contributed by atoms with Crippen LogP contribution in [0.25, 0.3) is 0 Å². The first-order chi connectivity index (χ1) is 13.6. The van der Waals surface area contributed by atoms with E-state index in [0.29, 0.717) is 0 Å². The zero-order valence-corrected chi connectivity index (χ0v) is 18.0. The Morgan fingerprint density at radius 3 is 1.97 bits per heavy atom. The number of sulfone groups is 1. The van der Waals surface area contributed by atoms with Gasteiger partial charge in [-0.15, -0.1) is 0 Å². The topological polar surface area (TPSA) is 118 Å². The van der Waals surface area contributed by atoms with E-state index < -0.39 is 35.9 Å². The van der Waals surface area contributed by atoms with Gasteiger partial charge in [0.05, 0.1) is 21.3 Å². The van der Waals surface area contributed by atoms with Gasteiger partial charge in [0.2, 0.25) is 20.0 Å². The fourth-order valence-electron chi connectivity index (χ4n) is 3.20. The minimum atomic E-state index is -3.98. The van der Waals surface area contributed by atoms with Gasteiger partial charge in [0.25, 0.3) is 0 Å². The van der Waals surface area contributed by atoms with Crippen molar-refractivity contribution in [3.8, 4) is 0 Å². The standard InChI is InChI=1S/C18H22N2O6S3/c21-27(22)14-11-16(15-27)20(29(25,26)18-9-5-2-6-10-18)13-12-19-28(23,24)17-7-3-1-4-8-17/h1-10,16,19H,11-15H2/t16-/m1/s1. The molecule has 0 aliphatic carbocycles. The number of hydrogen-bond acceptors (Lipinski definition) is 6. The first-order valence-corrected chi connectivity index (χ1v) is 13.7. The van der Waals surface area contributed by atoms with Crippen molar-refractivity contribution >= 4 is 29.9 Å². The molecule has 2 aromatic carbocycles. The molecular formula is C18H22N2O6S3. The zero-order chi connectivity index (χ0) is 21.1. The van der Waals surface area contributed by atoms with Gasteiger partial charge in [-0.2, -0.15) is 4.31 Å². The Kier molecular flexibility index (Phi) is 6.44. The van der Waals surface area contributed by atoms with Crippen molar-refractivity contribution in [2.45, 2.75) is 22.3 Å². The smallest absolute Gasteiger partial charge is 0.229 e. The summed E-state index contributed by atoms with van der Waals surface area (Å²) < 4.78 is 78.3. The lowest BCUT2D eigenvalue weighted by Crippen LogP contribution is -2.45. The van der Waals surface area contributed by atoms with Crippen molar-refractivity contribution in [3.63, 3.8) is 0 Å². The minimum absolute atomic E-state index is 0.0372. The molecule has 11 heteroatoms. The SMILES string of the molecule is O=S1(=O)CC[C@@H](N(CCNS(=O)(=O)c2ccccc2)S(=O)(=O)c2ccccc2)C1. The van der Waals surface area contributed by atoms with Crippen LogP contribution in [0.1, 0.15) is 6.42 Å². The molecule has 0 radical (unpaired) electrons. The maximum atomic E-state index is 13.1. The van der Waals surface area contributed by atoms with Gasteiger partial charge in [-0.25, -0.2) is 30.0 Å². The van der Waals surface area contributed by atoms with E-state index in [1.165, 1.54) is 24.3 Å². The molecule has 1 heterocycles. The summed E-state index contributed by atoms with van der Waals surface area (Å²) in [6.07, 6.45) is 0.180. The lowest BCUT2D eigenvalue weighted by molar-refractivity contribution is 0.343. The average Bonchev–Trinajstić information content (AvgIpc) is 3.05. The molecule has 1 aliphatic heterocycles. The van der Waals surface area contributed by atoms with E-state index in [2.05, 4.69) is 4.72 Å². The van der Waals surface area contributed by atoms with Crippen molar-refractivity contribution in [1.82, 2.24) is 9.03 Å². The van der Waals surface area contributed by atoms with E-state index >= 15 is 0 Å². The summed E-state index contributed by atoms with van der Waals surface area (Å²) in [6.45, 7) is -0.358. The third kappa shape index (κ3) is 5.23. The fourth-order valence-corrected chi connectivity index (χ4v) is 7.75. The molecule has 0 amide bonds. The molecule has 0 aromatic heterocycles. The summed E-state index contributed by atoms with van der Waals surface area (Å²) in [5, 5.41) is 0. The number of hydrogen-bond donors (Lipinski definition) is 1. The van der Waals surface area contributed by atoms with Crippen molar-refractivity contribution in [2.75, 3.05) is 24.6 Å². The number of benzene rings is 2. The molecule has 3 rings (SSSR count). The second-order valence-corrected chi connectivity index (χ2v) is 12.6.